The summed E-state index contributed by atoms with van der Waals surface area (Å²) in [6, 6.07) is 7.00. The Morgan fingerprint density at radius 1 is 1.19 bits per heavy atom. The van der Waals surface area contributed by atoms with E-state index in [4.69, 9.17) is 25.5 Å². The predicted octanol–water partition coefficient (Wildman–Crippen LogP) is 4.63. The quantitative estimate of drug-likeness (QED) is 0.327. The van der Waals surface area contributed by atoms with Gasteiger partial charge in [-0.1, -0.05) is 12.0 Å². The van der Waals surface area contributed by atoms with E-state index in [0.717, 1.165) is 55.8 Å². The van der Waals surface area contributed by atoms with E-state index < -0.39 is 12.0 Å². The number of alkyl halides is 1. The van der Waals surface area contributed by atoms with Crippen LogP contribution < -0.4 is 15.0 Å². The van der Waals surface area contributed by atoms with Gasteiger partial charge in [0.15, 0.2) is 5.82 Å². The van der Waals surface area contributed by atoms with E-state index in [2.05, 4.69) is 21.0 Å². The number of nitrogens with zero attached hydrogens (tertiary/aromatic N) is 5. The Balaban J connectivity index is 1.28. The van der Waals surface area contributed by atoms with Crippen LogP contribution in [-0.2, 0) is 0 Å². The summed E-state index contributed by atoms with van der Waals surface area (Å²) in [5, 5.41) is 15.4. The van der Waals surface area contributed by atoms with Gasteiger partial charge in [-0.2, -0.15) is 14.3 Å². The van der Waals surface area contributed by atoms with Crippen molar-refractivity contribution in [2.24, 2.45) is 0 Å². The normalized spacial score (nSPS) is 27.2. The fourth-order valence-corrected chi connectivity index (χ4v) is 8.48. The number of ether oxygens (including phenoxy) is 1. The summed E-state index contributed by atoms with van der Waals surface area (Å²) in [5.74, 6) is 2.73. The van der Waals surface area contributed by atoms with E-state index in [1.54, 1.807) is 18.2 Å². The average molecular weight is 589 g/mol. The standard InChI is InChI=1S/C31H30F2N6O2S/c1-2-22-24(33)7-4-17-10-21(40)11-23(25(17)22)26-27-28(42-37-26)29(38-14-19-5-6-20(15-38)34-19)36-30(35-27)41-16-31-8-3-9-39(31)13-18(32)12-31/h1,4,7,10-11,18-20,34,40H,3,5-6,8-9,12-16H2/t18?,19?,20?,31-/m0/s1. The summed E-state index contributed by atoms with van der Waals surface area (Å²) in [6.45, 7) is 3.22. The van der Waals surface area contributed by atoms with Gasteiger partial charge in [-0.25, -0.2) is 8.78 Å². The summed E-state index contributed by atoms with van der Waals surface area (Å²) in [5.41, 5.74) is 1.30. The molecule has 4 aromatic rings. The summed E-state index contributed by atoms with van der Waals surface area (Å²) < 4.78 is 41.3. The van der Waals surface area contributed by atoms with Crippen molar-refractivity contribution in [3.63, 3.8) is 0 Å². The molecular weight excluding hydrogens is 558 g/mol. The number of halogens is 2. The number of hydrogen-bond donors (Lipinski definition) is 2. The largest absolute Gasteiger partial charge is 0.508 e. The lowest BCUT2D eigenvalue weighted by Crippen LogP contribution is -2.51. The van der Waals surface area contributed by atoms with Crippen molar-refractivity contribution in [1.29, 1.82) is 0 Å². The third-order valence-corrected chi connectivity index (χ3v) is 10.3. The van der Waals surface area contributed by atoms with Crippen molar-refractivity contribution in [3.05, 3.63) is 35.6 Å². The van der Waals surface area contributed by atoms with Crippen LogP contribution in [0, 0.1) is 18.2 Å². The molecule has 4 atom stereocenters. The van der Waals surface area contributed by atoms with Crippen LogP contribution >= 0.6 is 11.5 Å². The Hall–Kier alpha value is -3.59. The van der Waals surface area contributed by atoms with E-state index in [0.29, 0.717) is 59.2 Å². The molecule has 2 N–H and O–H groups in total. The molecule has 0 amide bonds. The first-order valence-corrected chi connectivity index (χ1v) is 15.3. The minimum Gasteiger partial charge on any atom is -0.508 e. The lowest BCUT2D eigenvalue weighted by Gasteiger charge is -2.34. The smallest absolute Gasteiger partial charge is 0.319 e. The zero-order valence-corrected chi connectivity index (χ0v) is 23.8. The van der Waals surface area contributed by atoms with Crippen LogP contribution in [-0.4, -0.2) is 80.9 Å². The molecule has 2 aromatic heterocycles. The minimum atomic E-state index is -0.860. The molecule has 4 fully saturated rings. The number of terminal acetylenes is 1. The number of aromatic hydroxyl groups is 1. The second-order valence-electron chi connectivity index (χ2n) is 12.1. The number of anilines is 1. The van der Waals surface area contributed by atoms with Gasteiger partial charge in [-0.3, -0.25) is 4.90 Å². The Kier molecular flexibility index (Phi) is 6.04. The van der Waals surface area contributed by atoms with Crippen molar-refractivity contribution in [2.45, 2.75) is 55.9 Å². The van der Waals surface area contributed by atoms with Crippen LogP contribution in [0.2, 0.25) is 0 Å². The Morgan fingerprint density at radius 3 is 2.83 bits per heavy atom. The molecule has 2 aromatic carbocycles. The summed E-state index contributed by atoms with van der Waals surface area (Å²) in [6.07, 6.45) is 9.48. The molecule has 6 heterocycles. The molecule has 4 aliphatic rings. The minimum absolute atomic E-state index is 0.0140. The van der Waals surface area contributed by atoms with Gasteiger partial charge in [0.25, 0.3) is 0 Å². The molecule has 42 heavy (non-hydrogen) atoms. The van der Waals surface area contributed by atoms with Gasteiger partial charge in [0.05, 0.1) is 11.1 Å². The van der Waals surface area contributed by atoms with E-state index in [1.807, 2.05) is 0 Å². The number of phenolic OH excluding ortho intramolecular Hbond substituents is 1. The van der Waals surface area contributed by atoms with Crippen LogP contribution in [0.5, 0.6) is 11.8 Å². The molecule has 8 rings (SSSR count). The second kappa shape index (κ2) is 9.73. The highest BCUT2D eigenvalue weighted by Crippen LogP contribution is 2.43. The average Bonchev–Trinajstić information content (AvgIpc) is 3.73. The van der Waals surface area contributed by atoms with E-state index in [1.165, 1.54) is 17.6 Å². The number of aromatic nitrogens is 3. The SMILES string of the molecule is C#Cc1c(F)ccc2cc(O)cc(-c3nsc4c(N5CC6CCC(C5)N6)nc(OC[C@@]56CCCN5CC(F)C6)nc34)c12. The third-order valence-electron chi connectivity index (χ3n) is 9.48. The molecular formula is C31H30F2N6O2S. The zero-order chi connectivity index (χ0) is 28.6. The number of piperazine rings is 1. The van der Waals surface area contributed by atoms with Crippen molar-refractivity contribution >= 4 is 38.3 Å². The van der Waals surface area contributed by atoms with Gasteiger partial charge in [0.2, 0.25) is 0 Å². The molecule has 0 saturated carbocycles. The first-order chi connectivity index (χ1) is 20.4. The van der Waals surface area contributed by atoms with E-state index >= 15 is 0 Å². The first kappa shape index (κ1) is 26.1. The Bertz CT molecular complexity index is 1760. The second-order valence-corrected chi connectivity index (χ2v) is 12.9. The fraction of sp³-hybridized carbons (Fsp3) is 0.452. The fourth-order valence-electron chi connectivity index (χ4n) is 7.62. The summed E-state index contributed by atoms with van der Waals surface area (Å²) in [4.78, 5) is 14.3. The lowest BCUT2D eigenvalue weighted by molar-refractivity contribution is 0.107. The number of rotatable bonds is 5. The Labute approximate surface area is 245 Å². The highest BCUT2D eigenvalue weighted by atomic mass is 32.1. The summed E-state index contributed by atoms with van der Waals surface area (Å²) >= 11 is 1.27. The molecule has 0 aliphatic carbocycles. The number of benzene rings is 2. The highest BCUT2D eigenvalue weighted by Gasteiger charge is 2.49. The monoisotopic (exact) mass is 588 g/mol. The van der Waals surface area contributed by atoms with Crippen molar-refractivity contribution < 1.29 is 18.6 Å². The van der Waals surface area contributed by atoms with Crippen LogP contribution in [0.3, 0.4) is 0 Å². The molecule has 8 nitrogen and oxygen atoms in total. The number of phenols is 1. The van der Waals surface area contributed by atoms with Crippen LogP contribution in [0.15, 0.2) is 24.3 Å². The number of hydrogen-bond acceptors (Lipinski definition) is 9. The summed E-state index contributed by atoms with van der Waals surface area (Å²) in [7, 11) is 0. The maximum absolute atomic E-state index is 14.9. The van der Waals surface area contributed by atoms with Gasteiger partial charge in [-0.05, 0) is 67.3 Å². The lowest BCUT2D eigenvalue weighted by atomic mass is 9.95. The predicted molar refractivity (Wildman–Crippen MR) is 158 cm³/mol. The van der Waals surface area contributed by atoms with Crippen molar-refractivity contribution in [1.82, 2.24) is 24.6 Å². The van der Waals surface area contributed by atoms with Gasteiger partial charge < -0.3 is 20.1 Å². The van der Waals surface area contributed by atoms with Gasteiger partial charge in [0.1, 0.15) is 40.3 Å². The van der Waals surface area contributed by atoms with E-state index in [-0.39, 0.29) is 22.9 Å². The maximum Gasteiger partial charge on any atom is 0.319 e. The first-order valence-electron chi connectivity index (χ1n) is 14.5. The zero-order valence-electron chi connectivity index (χ0n) is 22.9. The Morgan fingerprint density at radius 2 is 2.02 bits per heavy atom. The van der Waals surface area contributed by atoms with Gasteiger partial charge >= 0.3 is 6.01 Å². The molecule has 0 spiro atoms. The maximum atomic E-state index is 14.9. The van der Waals surface area contributed by atoms with Crippen LogP contribution in [0.1, 0.15) is 37.7 Å². The number of fused-ring (bicyclic) bond motifs is 5. The van der Waals surface area contributed by atoms with Crippen molar-refractivity contribution in [2.75, 3.05) is 37.7 Å². The van der Waals surface area contributed by atoms with E-state index in [9.17, 15) is 13.9 Å². The molecule has 216 valence electrons. The molecule has 4 aliphatic heterocycles. The van der Waals surface area contributed by atoms with Crippen molar-refractivity contribution in [3.8, 4) is 35.4 Å². The number of nitrogens with one attached hydrogen (secondary N) is 1. The molecule has 4 saturated heterocycles. The molecule has 2 bridgehead atoms. The molecule has 11 heteroatoms. The third kappa shape index (κ3) is 4.11. The van der Waals surface area contributed by atoms with Gasteiger partial charge in [0, 0.05) is 49.1 Å². The topological polar surface area (TPSA) is 86.6 Å². The van der Waals surface area contributed by atoms with Gasteiger partial charge in [-0.15, -0.1) is 6.42 Å². The van der Waals surface area contributed by atoms with Crippen LogP contribution in [0.4, 0.5) is 14.6 Å². The van der Waals surface area contributed by atoms with Crippen LogP contribution in [0.25, 0.3) is 32.2 Å². The highest BCUT2D eigenvalue weighted by molar-refractivity contribution is 7.14. The molecule has 0 radical (unpaired) electrons. The molecule has 3 unspecified atom stereocenters.